The van der Waals surface area contributed by atoms with E-state index in [2.05, 4.69) is 65.5 Å². The van der Waals surface area contributed by atoms with E-state index in [4.69, 9.17) is 0 Å². The molecule has 1 aliphatic carbocycles. The van der Waals surface area contributed by atoms with Crippen LogP contribution in [0.5, 0.6) is 0 Å². The van der Waals surface area contributed by atoms with Gasteiger partial charge in [0.15, 0.2) is 0 Å². The van der Waals surface area contributed by atoms with Gasteiger partial charge in [-0.05, 0) is 0 Å². The Morgan fingerprint density at radius 3 is 2.11 bits per heavy atom. The normalized spacial score (nSPS) is 12.7. The van der Waals surface area contributed by atoms with Crippen molar-refractivity contribution in [3.8, 4) is 0 Å². The second kappa shape index (κ2) is 9.26. The van der Waals surface area contributed by atoms with Gasteiger partial charge in [-0.25, -0.2) is 0 Å². The SMILES string of the molecule is Cc1ccc(C)c(CC2=[C]([Ti+3])C=CC2)c1C.[Cl-].[Cl-].[Cl-]. The molecule has 0 N–H and O–H groups in total. The average Bonchev–Trinajstić information content (AvgIpc) is 2.65. The van der Waals surface area contributed by atoms with Crippen molar-refractivity contribution in [2.45, 2.75) is 33.6 Å². The van der Waals surface area contributed by atoms with E-state index < -0.39 is 0 Å². The van der Waals surface area contributed by atoms with Crippen LogP contribution in [-0.2, 0) is 26.9 Å². The fourth-order valence-corrected chi connectivity index (χ4v) is 2.69. The van der Waals surface area contributed by atoms with Crippen LogP contribution in [0.4, 0.5) is 0 Å². The molecular weight excluding hydrogens is 334 g/mol. The molecule has 0 fully saturated rings. The number of hydrogen-bond acceptors (Lipinski definition) is 0. The van der Waals surface area contributed by atoms with E-state index in [1.807, 2.05) is 0 Å². The van der Waals surface area contributed by atoms with E-state index in [1.54, 1.807) is 5.57 Å². The van der Waals surface area contributed by atoms with Gasteiger partial charge in [0.25, 0.3) is 0 Å². The monoisotopic (exact) mass is 350 g/mol. The molecule has 0 radical (unpaired) electrons. The van der Waals surface area contributed by atoms with Crippen molar-refractivity contribution >= 4 is 0 Å². The summed E-state index contributed by atoms with van der Waals surface area (Å²) in [5, 5.41) is 0. The van der Waals surface area contributed by atoms with E-state index in [9.17, 15) is 0 Å². The van der Waals surface area contributed by atoms with Gasteiger partial charge in [0, 0.05) is 0 Å². The fourth-order valence-electron chi connectivity index (χ4n) is 2.21. The Morgan fingerprint density at radius 2 is 1.58 bits per heavy atom. The molecule has 1 aromatic carbocycles. The Labute approximate surface area is 146 Å². The Hall–Kier alpha value is 0.284. The molecule has 0 heterocycles. The van der Waals surface area contributed by atoms with Gasteiger partial charge < -0.3 is 37.2 Å². The van der Waals surface area contributed by atoms with Crippen molar-refractivity contribution in [2.75, 3.05) is 0 Å². The van der Waals surface area contributed by atoms with Gasteiger partial charge in [-0.2, -0.15) is 0 Å². The van der Waals surface area contributed by atoms with E-state index in [0.29, 0.717) is 0 Å². The molecule has 0 amide bonds. The third-order valence-corrected chi connectivity index (χ3v) is 4.34. The molecule has 1 aliphatic rings. The third kappa shape index (κ3) is 4.95. The summed E-state index contributed by atoms with van der Waals surface area (Å²) >= 11 is 2.22. The number of aryl methyl sites for hydroxylation is 2. The maximum Gasteiger partial charge on any atom is -1.00 e. The first-order valence-electron chi connectivity index (χ1n) is 5.75. The van der Waals surface area contributed by atoms with Gasteiger partial charge in [-0.15, -0.1) is 0 Å². The molecule has 0 saturated carbocycles. The smallest absolute Gasteiger partial charge is 1.00 e. The van der Waals surface area contributed by atoms with Crippen LogP contribution in [0.1, 0.15) is 28.7 Å². The van der Waals surface area contributed by atoms with Gasteiger partial charge in [0.1, 0.15) is 0 Å². The summed E-state index contributed by atoms with van der Waals surface area (Å²) in [6.45, 7) is 6.67. The standard InChI is InChI=1S/C15H17.3ClH.Ti/c1-11-8-9-12(2)15(13(11)3)10-14-6-4-5-7-14;;;;/h4-5,8-9H,6,10H2,1-3H3;3*1H;/q;;;;+3/p-3. The molecule has 19 heavy (non-hydrogen) atoms. The van der Waals surface area contributed by atoms with Crippen LogP contribution in [0, 0.1) is 20.8 Å². The Bertz CT molecular complexity index is 490. The Morgan fingerprint density at radius 1 is 1.00 bits per heavy atom. The van der Waals surface area contributed by atoms with Crippen LogP contribution < -0.4 is 37.2 Å². The first-order valence-corrected chi connectivity index (χ1v) is 6.53. The van der Waals surface area contributed by atoms with Crippen molar-refractivity contribution in [3.63, 3.8) is 0 Å². The second-order valence-corrected chi connectivity index (χ2v) is 5.44. The molecule has 0 aromatic heterocycles. The minimum absolute atomic E-state index is 0. The summed E-state index contributed by atoms with van der Waals surface area (Å²) in [7, 11) is 0. The zero-order chi connectivity index (χ0) is 11.7. The molecule has 0 aliphatic heterocycles. The summed E-state index contributed by atoms with van der Waals surface area (Å²) in [4.78, 5) is 0. The first-order chi connectivity index (χ1) is 7.59. The summed E-state index contributed by atoms with van der Waals surface area (Å²) in [6.07, 6.45) is 6.78. The van der Waals surface area contributed by atoms with Crippen LogP contribution in [0.3, 0.4) is 0 Å². The maximum absolute atomic E-state index is 2.27. The molecule has 102 valence electrons. The minimum Gasteiger partial charge on any atom is -1.00 e. The molecule has 1 aromatic rings. The van der Waals surface area contributed by atoms with Crippen LogP contribution in [0.2, 0.25) is 0 Å². The Balaban J connectivity index is 0. The van der Waals surface area contributed by atoms with E-state index >= 15 is 0 Å². The molecule has 0 atom stereocenters. The van der Waals surface area contributed by atoms with Gasteiger partial charge in [-0.3, -0.25) is 0 Å². The summed E-state index contributed by atoms with van der Waals surface area (Å²) in [5.74, 6) is 0. The fraction of sp³-hybridized carbons (Fsp3) is 0.333. The Kier molecular flexibility index (Phi) is 10.5. The van der Waals surface area contributed by atoms with Crippen LogP contribution in [-0.4, -0.2) is 0 Å². The number of halogens is 3. The van der Waals surface area contributed by atoms with Crippen molar-refractivity contribution < 1.29 is 57.7 Å². The zero-order valence-corrected chi connectivity index (χ0v) is 15.2. The van der Waals surface area contributed by atoms with Crippen molar-refractivity contribution in [2.24, 2.45) is 0 Å². The van der Waals surface area contributed by atoms with E-state index in [-0.39, 0.29) is 37.2 Å². The summed E-state index contributed by atoms with van der Waals surface area (Å²) in [6, 6.07) is 4.47. The van der Waals surface area contributed by atoms with Crippen molar-refractivity contribution in [1.29, 1.82) is 0 Å². The zero-order valence-electron chi connectivity index (χ0n) is 11.4. The van der Waals surface area contributed by atoms with Crippen LogP contribution in [0.15, 0.2) is 33.7 Å². The van der Waals surface area contributed by atoms with E-state index in [0.717, 1.165) is 12.8 Å². The molecule has 4 heteroatoms. The molecule has 0 nitrogen and oxygen atoms in total. The average molecular weight is 352 g/mol. The number of rotatable bonds is 2. The number of hydrogen-bond donors (Lipinski definition) is 0. The summed E-state index contributed by atoms with van der Waals surface area (Å²) < 4.78 is 1.46. The molecular formula is C15H17Cl3Ti. The minimum atomic E-state index is 0. The molecule has 0 unspecified atom stereocenters. The first kappa shape index (κ1) is 21.6. The summed E-state index contributed by atoms with van der Waals surface area (Å²) in [5.41, 5.74) is 7.40. The van der Waals surface area contributed by atoms with E-state index in [1.165, 1.54) is 26.1 Å². The van der Waals surface area contributed by atoms with Gasteiger partial charge in [-0.1, -0.05) is 0 Å². The molecule has 0 spiro atoms. The quantitative estimate of drug-likeness (QED) is 0.468. The molecule has 0 saturated heterocycles. The van der Waals surface area contributed by atoms with Gasteiger partial charge in [0.05, 0.1) is 0 Å². The van der Waals surface area contributed by atoms with Crippen LogP contribution >= 0.6 is 0 Å². The molecule has 0 bridgehead atoms. The largest absolute Gasteiger partial charge is 1.00 e. The predicted molar refractivity (Wildman–Crippen MR) is 65.1 cm³/mol. The van der Waals surface area contributed by atoms with Gasteiger partial charge >= 0.3 is 110 Å². The van der Waals surface area contributed by atoms with Crippen molar-refractivity contribution in [3.05, 3.63) is 56.0 Å². The van der Waals surface area contributed by atoms with Crippen molar-refractivity contribution in [1.82, 2.24) is 0 Å². The number of allylic oxidation sites excluding steroid dienone is 4. The van der Waals surface area contributed by atoms with Gasteiger partial charge in [0.2, 0.25) is 0 Å². The van der Waals surface area contributed by atoms with Crippen LogP contribution in [0.25, 0.3) is 0 Å². The topological polar surface area (TPSA) is 0 Å². The maximum atomic E-state index is 2.27. The second-order valence-electron chi connectivity index (χ2n) is 4.60. The number of benzene rings is 1. The third-order valence-electron chi connectivity index (χ3n) is 3.52. The predicted octanol–water partition coefficient (Wildman–Crippen LogP) is -5.07. The molecule has 2 rings (SSSR count).